The first-order valence-electron chi connectivity index (χ1n) is 11.1. The molecule has 1 saturated carbocycles. The molecule has 0 spiro atoms. The molecule has 3 aliphatic rings. The summed E-state index contributed by atoms with van der Waals surface area (Å²) in [6.45, 7) is 10.7. The number of carbonyl (C=O) groups excluding carboxylic acids is 1. The van der Waals surface area contributed by atoms with Gasteiger partial charge in [0.2, 0.25) is 5.91 Å². The number of allylic oxidation sites excluding steroid dienone is 1. The predicted octanol–water partition coefficient (Wildman–Crippen LogP) is 5.34. The van der Waals surface area contributed by atoms with Crippen molar-refractivity contribution >= 4 is 5.91 Å². The number of rotatable bonds is 2. The van der Waals surface area contributed by atoms with Crippen molar-refractivity contribution in [2.45, 2.75) is 96.1 Å². The van der Waals surface area contributed by atoms with Crippen molar-refractivity contribution in [2.75, 3.05) is 0 Å². The highest BCUT2D eigenvalue weighted by Gasteiger charge is 2.47. The van der Waals surface area contributed by atoms with Gasteiger partial charge in [0.15, 0.2) is 0 Å². The smallest absolute Gasteiger partial charge is 0.247 e. The van der Waals surface area contributed by atoms with Gasteiger partial charge < -0.3 is 15.2 Å². The fourth-order valence-corrected chi connectivity index (χ4v) is 5.36. The van der Waals surface area contributed by atoms with Gasteiger partial charge in [-0.1, -0.05) is 39.7 Å². The molecule has 2 unspecified atom stereocenters. The SMILES string of the molecule is CC(C)(C)c1cc(O)c2c(c1)OC(C)(C)C1CC=C(C(=O)NC3CCCC3)CC21. The quantitative estimate of drug-likeness (QED) is 0.708. The molecular weight excluding hydrogens is 362 g/mol. The van der Waals surface area contributed by atoms with Crippen LogP contribution >= 0.6 is 0 Å². The molecule has 4 nitrogen and oxygen atoms in total. The standard InChI is InChI=1S/C25H35NO3/c1-24(2,3)16-13-20(27)22-18-12-15(23(28)26-17-8-6-7-9-17)10-11-19(18)25(4,5)29-21(22)14-16/h10,13-14,17-19,27H,6-9,11-12H2,1-5H3,(H,26,28). The molecule has 1 aromatic carbocycles. The molecule has 29 heavy (non-hydrogen) atoms. The average Bonchev–Trinajstić information content (AvgIpc) is 3.12. The molecule has 1 aliphatic heterocycles. The first-order chi connectivity index (χ1) is 13.6. The number of fused-ring (bicyclic) bond motifs is 3. The summed E-state index contributed by atoms with van der Waals surface area (Å²) in [5.41, 5.74) is 2.39. The highest BCUT2D eigenvalue weighted by atomic mass is 16.5. The first-order valence-corrected chi connectivity index (χ1v) is 11.1. The lowest BCUT2D eigenvalue weighted by molar-refractivity contribution is -0.118. The Morgan fingerprint density at radius 3 is 2.55 bits per heavy atom. The van der Waals surface area contributed by atoms with Crippen LogP contribution < -0.4 is 10.1 Å². The Hall–Kier alpha value is -1.97. The van der Waals surface area contributed by atoms with E-state index in [1.54, 1.807) is 0 Å². The third-order valence-electron chi connectivity index (χ3n) is 7.15. The summed E-state index contributed by atoms with van der Waals surface area (Å²) in [4.78, 5) is 12.9. The van der Waals surface area contributed by atoms with Gasteiger partial charge in [-0.05, 0) is 62.6 Å². The molecule has 1 fully saturated rings. The van der Waals surface area contributed by atoms with Crippen molar-refractivity contribution < 1.29 is 14.6 Å². The van der Waals surface area contributed by atoms with E-state index in [1.165, 1.54) is 12.8 Å². The Bertz CT molecular complexity index is 840. The monoisotopic (exact) mass is 397 g/mol. The number of hydrogen-bond donors (Lipinski definition) is 2. The summed E-state index contributed by atoms with van der Waals surface area (Å²) >= 11 is 0. The van der Waals surface area contributed by atoms with E-state index in [-0.39, 0.29) is 28.8 Å². The Labute approximate surface area is 174 Å². The van der Waals surface area contributed by atoms with Crippen LogP contribution in [0.3, 0.4) is 0 Å². The van der Waals surface area contributed by atoms with Crippen LogP contribution in [-0.4, -0.2) is 22.7 Å². The largest absolute Gasteiger partial charge is 0.508 e. The van der Waals surface area contributed by atoms with Crippen molar-refractivity contribution in [1.82, 2.24) is 5.32 Å². The molecule has 0 saturated heterocycles. The summed E-state index contributed by atoms with van der Waals surface area (Å²) in [5.74, 6) is 1.49. The third-order valence-corrected chi connectivity index (χ3v) is 7.15. The lowest BCUT2D eigenvalue weighted by Gasteiger charge is -2.47. The lowest BCUT2D eigenvalue weighted by atomic mass is 9.66. The summed E-state index contributed by atoms with van der Waals surface area (Å²) in [6.07, 6.45) is 8.14. The lowest BCUT2D eigenvalue weighted by Crippen LogP contribution is -2.46. The molecule has 2 N–H and O–H groups in total. The number of phenolic OH excluding ortho intramolecular Hbond substituents is 1. The fourth-order valence-electron chi connectivity index (χ4n) is 5.36. The summed E-state index contributed by atoms with van der Waals surface area (Å²) in [7, 11) is 0. The molecule has 4 heteroatoms. The van der Waals surface area contributed by atoms with Crippen LogP contribution in [0.5, 0.6) is 11.5 Å². The molecule has 2 aliphatic carbocycles. The van der Waals surface area contributed by atoms with Gasteiger partial charge in [-0.3, -0.25) is 4.79 Å². The van der Waals surface area contributed by atoms with Gasteiger partial charge in [-0.15, -0.1) is 0 Å². The van der Waals surface area contributed by atoms with Crippen LogP contribution in [0, 0.1) is 5.92 Å². The summed E-state index contributed by atoms with van der Waals surface area (Å²) in [5, 5.41) is 14.2. The summed E-state index contributed by atoms with van der Waals surface area (Å²) < 4.78 is 6.42. The second-order valence-corrected chi connectivity index (χ2v) is 10.7. The number of amides is 1. The van der Waals surface area contributed by atoms with Gasteiger partial charge in [-0.25, -0.2) is 0 Å². The normalized spacial score (nSPS) is 26.2. The van der Waals surface area contributed by atoms with Crippen LogP contribution in [0.4, 0.5) is 0 Å². The van der Waals surface area contributed by atoms with E-state index < -0.39 is 0 Å². The van der Waals surface area contributed by atoms with Crippen molar-refractivity contribution in [1.29, 1.82) is 0 Å². The van der Waals surface area contributed by atoms with Crippen LogP contribution in [-0.2, 0) is 10.2 Å². The Morgan fingerprint density at radius 1 is 1.21 bits per heavy atom. The van der Waals surface area contributed by atoms with Gasteiger partial charge in [0, 0.05) is 29.0 Å². The summed E-state index contributed by atoms with van der Waals surface area (Å²) in [6, 6.07) is 4.29. The Kier molecular flexibility index (Phi) is 4.95. The minimum Gasteiger partial charge on any atom is -0.508 e. The minimum absolute atomic E-state index is 0.0738. The molecule has 0 bridgehead atoms. The topological polar surface area (TPSA) is 58.6 Å². The van der Waals surface area contributed by atoms with Crippen LogP contribution in [0.25, 0.3) is 0 Å². The van der Waals surface area contributed by atoms with E-state index in [9.17, 15) is 9.90 Å². The molecule has 158 valence electrons. The van der Waals surface area contributed by atoms with E-state index in [1.807, 2.05) is 6.07 Å². The number of ether oxygens (including phenoxy) is 1. The number of nitrogens with one attached hydrogen (secondary N) is 1. The van der Waals surface area contributed by atoms with Crippen molar-refractivity contribution in [3.05, 3.63) is 34.9 Å². The maximum atomic E-state index is 12.9. The third kappa shape index (κ3) is 3.78. The van der Waals surface area contributed by atoms with E-state index in [2.05, 4.69) is 52.1 Å². The van der Waals surface area contributed by atoms with E-state index in [4.69, 9.17) is 4.74 Å². The molecule has 1 heterocycles. The van der Waals surface area contributed by atoms with Crippen molar-refractivity contribution in [2.24, 2.45) is 5.92 Å². The second-order valence-electron chi connectivity index (χ2n) is 10.7. The molecule has 2 atom stereocenters. The number of hydrogen-bond acceptors (Lipinski definition) is 3. The highest BCUT2D eigenvalue weighted by molar-refractivity contribution is 5.94. The minimum atomic E-state index is -0.343. The molecule has 4 rings (SSSR count). The van der Waals surface area contributed by atoms with Crippen molar-refractivity contribution in [3.63, 3.8) is 0 Å². The van der Waals surface area contributed by atoms with E-state index in [0.717, 1.165) is 41.7 Å². The molecule has 0 aromatic heterocycles. The Balaban J connectivity index is 1.66. The number of benzene rings is 1. The maximum Gasteiger partial charge on any atom is 0.247 e. The van der Waals surface area contributed by atoms with Gasteiger partial charge >= 0.3 is 0 Å². The number of phenols is 1. The van der Waals surface area contributed by atoms with Crippen LogP contribution in [0.2, 0.25) is 0 Å². The highest BCUT2D eigenvalue weighted by Crippen LogP contribution is 2.54. The maximum absolute atomic E-state index is 12.9. The predicted molar refractivity (Wildman–Crippen MR) is 115 cm³/mol. The van der Waals surface area contributed by atoms with Gasteiger partial charge in [0.1, 0.15) is 17.1 Å². The zero-order valence-corrected chi connectivity index (χ0v) is 18.5. The van der Waals surface area contributed by atoms with E-state index >= 15 is 0 Å². The fraction of sp³-hybridized carbons (Fsp3) is 0.640. The average molecular weight is 398 g/mol. The zero-order valence-electron chi connectivity index (χ0n) is 18.5. The number of carbonyl (C=O) groups is 1. The van der Waals surface area contributed by atoms with Gasteiger partial charge in [0.05, 0.1) is 0 Å². The van der Waals surface area contributed by atoms with E-state index in [0.29, 0.717) is 18.2 Å². The molecule has 0 radical (unpaired) electrons. The molecular formula is C25H35NO3. The molecule has 1 aromatic rings. The van der Waals surface area contributed by atoms with Gasteiger partial charge in [-0.2, -0.15) is 0 Å². The zero-order chi connectivity index (χ0) is 21.0. The Morgan fingerprint density at radius 2 is 1.90 bits per heavy atom. The number of aromatic hydroxyl groups is 1. The van der Waals surface area contributed by atoms with Crippen LogP contribution in [0.15, 0.2) is 23.8 Å². The van der Waals surface area contributed by atoms with Crippen LogP contribution in [0.1, 0.15) is 90.2 Å². The molecule has 1 amide bonds. The van der Waals surface area contributed by atoms with Crippen molar-refractivity contribution in [3.8, 4) is 11.5 Å². The first kappa shape index (κ1) is 20.3. The second kappa shape index (κ2) is 7.07. The van der Waals surface area contributed by atoms with Gasteiger partial charge in [0.25, 0.3) is 0 Å².